The van der Waals surface area contributed by atoms with Gasteiger partial charge in [-0.1, -0.05) is 30.3 Å². The van der Waals surface area contributed by atoms with E-state index in [-0.39, 0.29) is 5.91 Å². The quantitative estimate of drug-likeness (QED) is 0.403. The molecular weight excluding hydrogens is 469 g/mol. The Kier molecular flexibility index (Phi) is 8.15. The Morgan fingerprint density at radius 2 is 1.47 bits per heavy atom. The molecule has 0 N–H and O–H groups in total. The maximum Gasteiger partial charge on any atom is 0.416 e. The van der Waals surface area contributed by atoms with Gasteiger partial charge in [0.2, 0.25) is 0 Å². The average molecular weight is 499 g/mol. The monoisotopic (exact) mass is 498 g/mol. The van der Waals surface area contributed by atoms with E-state index < -0.39 is 11.7 Å². The molecule has 1 aliphatic rings. The van der Waals surface area contributed by atoms with E-state index in [4.69, 9.17) is 9.47 Å². The lowest BCUT2D eigenvalue weighted by Gasteiger charge is -2.35. The number of alkyl halides is 3. The number of halogens is 3. The normalized spacial score (nSPS) is 14.5. The number of amides is 1. The van der Waals surface area contributed by atoms with E-state index in [2.05, 4.69) is 4.90 Å². The van der Waals surface area contributed by atoms with Gasteiger partial charge in [-0.15, -0.1) is 0 Å². The van der Waals surface area contributed by atoms with Gasteiger partial charge < -0.3 is 14.4 Å². The first-order valence-corrected chi connectivity index (χ1v) is 11.9. The number of carbonyl (C=O) groups excluding carboxylic acids is 1. The molecule has 190 valence electrons. The minimum absolute atomic E-state index is 0.0587. The van der Waals surface area contributed by atoms with Gasteiger partial charge in [-0.3, -0.25) is 9.69 Å². The standard InChI is InChI=1S/C28H29F3N2O3/c1-2-35-25-9-11-26(12-10-25)36-20-22-6-3-7-23(17-22)27(34)33-15-13-32(14-16-33)19-21-5-4-8-24(18-21)28(29,30)31/h3-12,17-18H,2,13-16,19-20H2,1H3. The lowest BCUT2D eigenvalue weighted by atomic mass is 10.1. The first kappa shape index (κ1) is 25.6. The number of hydrogen-bond donors (Lipinski definition) is 0. The summed E-state index contributed by atoms with van der Waals surface area (Å²) in [5.74, 6) is 1.44. The largest absolute Gasteiger partial charge is 0.494 e. The molecule has 8 heteroatoms. The number of ether oxygens (including phenoxy) is 2. The van der Waals surface area contributed by atoms with Crippen LogP contribution in [0.4, 0.5) is 13.2 Å². The lowest BCUT2D eigenvalue weighted by molar-refractivity contribution is -0.137. The minimum atomic E-state index is -4.35. The Morgan fingerprint density at radius 3 is 2.14 bits per heavy atom. The molecule has 5 nitrogen and oxygen atoms in total. The zero-order valence-corrected chi connectivity index (χ0v) is 20.1. The molecule has 3 aromatic rings. The fraction of sp³-hybridized carbons (Fsp3) is 0.321. The first-order valence-electron chi connectivity index (χ1n) is 11.9. The van der Waals surface area contributed by atoms with Crippen LogP contribution < -0.4 is 9.47 Å². The molecule has 36 heavy (non-hydrogen) atoms. The number of carbonyl (C=O) groups is 1. The summed E-state index contributed by atoms with van der Waals surface area (Å²) in [6, 6.07) is 20.2. The van der Waals surface area contributed by atoms with Gasteiger partial charge in [-0.25, -0.2) is 0 Å². The average Bonchev–Trinajstić information content (AvgIpc) is 2.88. The summed E-state index contributed by atoms with van der Waals surface area (Å²) in [4.78, 5) is 16.9. The summed E-state index contributed by atoms with van der Waals surface area (Å²) < 4.78 is 50.2. The van der Waals surface area contributed by atoms with Crippen LogP contribution in [0.5, 0.6) is 11.5 Å². The van der Waals surface area contributed by atoms with E-state index in [0.717, 1.165) is 17.4 Å². The zero-order chi connectivity index (χ0) is 25.5. The molecule has 4 rings (SSSR count). The second kappa shape index (κ2) is 11.5. The van der Waals surface area contributed by atoms with Crippen molar-refractivity contribution in [1.29, 1.82) is 0 Å². The Bertz CT molecular complexity index is 1160. The van der Waals surface area contributed by atoms with Gasteiger partial charge in [-0.2, -0.15) is 13.2 Å². The molecule has 1 fully saturated rings. The van der Waals surface area contributed by atoms with Crippen LogP contribution in [0.3, 0.4) is 0 Å². The Balaban J connectivity index is 1.29. The molecule has 1 saturated heterocycles. The lowest BCUT2D eigenvalue weighted by Crippen LogP contribution is -2.48. The van der Waals surface area contributed by atoms with Crippen molar-refractivity contribution in [2.75, 3.05) is 32.8 Å². The molecule has 0 bridgehead atoms. The van der Waals surface area contributed by atoms with Gasteiger partial charge in [0.1, 0.15) is 18.1 Å². The second-order valence-electron chi connectivity index (χ2n) is 8.66. The molecule has 3 aromatic carbocycles. The van der Waals surface area contributed by atoms with Crippen molar-refractivity contribution in [3.63, 3.8) is 0 Å². The van der Waals surface area contributed by atoms with Crippen molar-refractivity contribution in [3.05, 3.63) is 95.1 Å². The highest BCUT2D eigenvalue weighted by molar-refractivity contribution is 5.94. The Labute approximate surface area is 209 Å². The molecule has 0 aliphatic carbocycles. The molecular formula is C28H29F3N2O3. The highest BCUT2D eigenvalue weighted by atomic mass is 19.4. The van der Waals surface area contributed by atoms with Gasteiger partial charge in [0, 0.05) is 38.3 Å². The summed E-state index contributed by atoms with van der Waals surface area (Å²) >= 11 is 0. The van der Waals surface area contributed by atoms with Gasteiger partial charge >= 0.3 is 6.18 Å². The van der Waals surface area contributed by atoms with Crippen LogP contribution >= 0.6 is 0 Å². The fourth-order valence-electron chi connectivity index (χ4n) is 4.16. The first-order chi connectivity index (χ1) is 17.3. The predicted octanol–water partition coefficient (Wildman–Crippen LogP) is 5.64. The molecule has 0 aromatic heterocycles. The van der Waals surface area contributed by atoms with E-state index in [1.165, 1.54) is 12.1 Å². The summed E-state index contributed by atoms with van der Waals surface area (Å²) in [6.45, 7) is 5.52. The topological polar surface area (TPSA) is 42.0 Å². The SMILES string of the molecule is CCOc1ccc(OCc2cccc(C(=O)N3CCN(Cc4cccc(C(F)(F)F)c4)CC3)c2)cc1. The predicted molar refractivity (Wildman–Crippen MR) is 131 cm³/mol. The van der Waals surface area contributed by atoms with Crippen molar-refractivity contribution in [2.24, 2.45) is 0 Å². The number of benzene rings is 3. The smallest absolute Gasteiger partial charge is 0.416 e. The molecule has 1 aliphatic heterocycles. The Hall–Kier alpha value is -3.52. The third-order valence-corrected chi connectivity index (χ3v) is 6.03. The van der Waals surface area contributed by atoms with Crippen LogP contribution in [-0.4, -0.2) is 48.5 Å². The van der Waals surface area contributed by atoms with Crippen LogP contribution in [0.25, 0.3) is 0 Å². The highest BCUT2D eigenvalue weighted by Crippen LogP contribution is 2.30. The molecule has 0 saturated carbocycles. The summed E-state index contributed by atoms with van der Waals surface area (Å²) in [6.07, 6.45) is -4.35. The molecule has 1 amide bonds. The van der Waals surface area contributed by atoms with E-state index in [1.54, 1.807) is 17.0 Å². The Morgan fingerprint density at radius 1 is 0.833 bits per heavy atom. The number of rotatable bonds is 8. The minimum Gasteiger partial charge on any atom is -0.494 e. The number of nitrogens with zero attached hydrogens (tertiary/aromatic N) is 2. The molecule has 0 radical (unpaired) electrons. The molecule has 1 heterocycles. The van der Waals surface area contributed by atoms with Gasteiger partial charge in [0.05, 0.1) is 12.2 Å². The molecule has 0 spiro atoms. The number of piperazine rings is 1. The van der Waals surface area contributed by atoms with E-state index in [9.17, 15) is 18.0 Å². The fourth-order valence-corrected chi connectivity index (χ4v) is 4.16. The van der Waals surface area contributed by atoms with Crippen molar-refractivity contribution in [1.82, 2.24) is 9.80 Å². The van der Waals surface area contributed by atoms with Crippen LogP contribution in [0.1, 0.15) is 34.0 Å². The van der Waals surface area contributed by atoms with Gasteiger partial charge in [0.15, 0.2) is 0 Å². The van der Waals surface area contributed by atoms with E-state index >= 15 is 0 Å². The van der Waals surface area contributed by atoms with Crippen molar-refractivity contribution in [3.8, 4) is 11.5 Å². The highest BCUT2D eigenvalue weighted by Gasteiger charge is 2.30. The van der Waals surface area contributed by atoms with E-state index in [1.807, 2.05) is 49.4 Å². The number of hydrogen-bond acceptors (Lipinski definition) is 4. The maximum atomic E-state index is 13.1. The summed E-state index contributed by atoms with van der Waals surface area (Å²) in [7, 11) is 0. The van der Waals surface area contributed by atoms with Gasteiger partial charge in [0.25, 0.3) is 5.91 Å². The van der Waals surface area contributed by atoms with E-state index in [0.29, 0.717) is 62.8 Å². The third-order valence-electron chi connectivity index (χ3n) is 6.03. The molecule has 0 atom stereocenters. The van der Waals surface area contributed by atoms with Crippen molar-refractivity contribution < 1.29 is 27.4 Å². The third kappa shape index (κ3) is 6.79. The van der Waals surface area contributed by atoms with Crippen molar-refractivity contribution >= 4 is 5.91 Å². The van der Waals surface area contributed by atoms with Crippen LogP contribution in [-0.2, 0) is 19.3 Å². The summed E-state index contributed by atoms with van der Waals surface area (Å²) in [5.41, 5.74) is 1.46. The molecule has 0 unspecified atom stereocenters. The zero-order valence-electron chi connectivity index (χ0n) is 20.1. The maximum absolute atomic E-state index is 13.1. The van der Waals surface area contributed by atoms with Crippen LogP contribution in [0.15, 0.2) is 72.8 Å². The van der Waals surface area contributed by atoms with Crippen LogP contribution in [0.2, 0.25) is 0 Å². The second-order valence-corrected chi connectivity index (χ2v) is 8.66. The summed E-state index contributed by atoms with van der Waals surface area (Å²) in [5, 5.41) is 0. The van der Waals surface area contributed by atoms with Crippen molar-refractivity contribution in [2.45, 2.75) is 26.3 Å². The van der Waals surface area contributed by atoms with Crippen LogP contribution in [0, 0.1) is 0 Å². The van der Waals surface area contributed by atoms with Gasteiger partial charge in [-0.05, 0) is 60.5 Å².